The molecule has 0 bridgehead atoms. The van der Waals surface area contributed by atoms with E-state index in [1.807, 2.05) is 61.2 Å². The van der Waals surface area contributed by atoms with Gasteiger partial charge in [-0.05, 0) is 44.5 Å². The van der Waals surface area contributed by atoms with Crippen molar-refractivity contribution < 1.29 is 9.53 Å². The van der Waals surface area contributed by atoms with Gasteiger partial charge in [-0.25, -0.2) is 9.67 Å². The highest BCUT2D eigenvalue weighted by atomic mass is 32.1. The molecule has 136 valence electrons. The first kappa shape index (κ1) is 18.1. The first-order valence-electron chi connectivity index (χ1n) is 8.45. The summed E-state index contributed by atoms with van der Waals surface area (Å²) in [7, 11) is 0. The minimum atomic E-state index is -0.138. The largest absolute Gasteiger partial charge is 0.484 e. The van der Waals surface area contributed by atoms with Gasteiger partial charge in [0.2, 0.25) is 5.13 Å². The van der Waals surface area contributed by atoms with Crippen LogP contribution in [-0.2, 0) is 11.2 Å². The number of benzene rings is 1. The first-order valence-corrected chi connectivity index (χ1v) is 9.33. The maximum Gasteiger partial charge on any atom is 0.257 e. The summed E-state index contributed by atoms with van der Waals surface area (Å²) >= 11 is 1.55. The third kappa shape index (κ3) is 4.70. The van der Waals surface area contributed by atoms with Gasteiger partial charge in [-0.15, -0.1) is 11.3 Å². The number of aryl methyl sites for hydroxylation is 3. The molecule has 3 aromatic rings. The van der Waals surface area contributed by atoms with Crippen LogP contribution < -0.4 is 10.1 Å². The van der Waals surface area contributed by atoms with Gasteiger partial charge >= 0.3 is 0 Å². The van der Waals surface area contributed by atoms with E-state index in [9.17, 15) is 4.79 Å². The van der Waals surface area contributed by atoms with Crippen LogP contribution in [0.1, 0.15) is 22.6 Å². The summed E-state index contributed by atoms with van der Waals surface area (Å²) in [6, 6.07) is 9.67. The van der Waals surface area contributed by atoms with E-state index in [1.54, 1.807) is 11.3 Å². The molecule has 6 nitrogen and oxygen atoms in total. The Morgan fingerprint density at radius 3 is 2.85 bits per heavy atom. The molecule has 0 aliphatic heterocycles. The van der Waals surface area contributed by atoms with Crippen LogP contribution in [0.4, 0.5) is 0 Å². The van der Waals surface area contributed by atoms with E-state index >= 15 is 0 Å². The quantitative estimate of drug-likeness (QED) is 0.694. The Balaban J connectivity index is 1.45. The Hall–Kier alpha value is -2.67. The van der Waals surface area contributed by atoms with Gasteiger partial charge in [0.05, 0.1) is 11.4 Å². The van der Waals surface area contributed by atoms with Gasteiger partial charge in [0.1, 0.15) is 5.75 Å². The lowest BCUT2D eigenvalue weighted by Gasteiger charge is -2.07. The Labute approximate surface area is 156 Å². The number of carbonyl (C=O) groups excluding carboxylic acids is 1. The number of hydrogen-bond donors (Lipinski definition) is 1. The van der Waals surface area contributed by atoms with Crippen LogP contribution in [0.5, 0.6) is 5.75 Å². The predicted octanol–water partition coefficient (Wildman–Crippen LogP) is 2.99. The highest BCUT2D eigenvalue weighted by molar-refractivity contribution is 7.12. The predicted molar refractivity (Wildman–Crippen MR) is 102 cm³/mol. The van der Waals surface area contributed by atoms with Crippen LogP contribution in [0.25, 0.3) is 5.13 Å². The Morgan fingerprint density at radius 1 is 1.27 bits per heavy atom. The minimum Gasteiger partial charge on any atom is -0.484 e. The second kappa shape index (κ2) is 8.14. The van der Waals surface area contributed by atoms with Crippen molar-refractivity contribution in [1.82, 2.24) is 20.1 Å². The average molecular weight is 370 g/mol. The number of aromatic nitrogens is 3. The molecule has 0 unspecified atom stereocenters. The highest BCUT2D eigenvalue weighted by Gasteiger charge is 2.09. The summed E-state index contributed by atoms with van der Waals surface area (Å²) in [5, 5.41) is 10.1. The fourth-order valence-electron chi connectivity index (χ4n) is 2.57. The van der Waals surface area contributed by atoms with E-state index in [0.717, 1.165) is 27.8 Å². The molecule has 2 aromatic heterocycles. The zero-order valence-corrected chi connectivity index (χ0v) is 16.0. The van der Waals surface area contributed by atoms with E-state index in [2.05, 4.69) is 15.4 Å². The monoisotopic (exact) mass is 370 g/mol. The summed E-state index contributed by atoms with van der Waals surface area (Å²) in [4.78, 5) is 16.5. The summed E-state index contributed by atoms with van der Waals surface area (Å²) in [6.07, 6.45) is 0.673. The van der Waals surface area contributed by atoms with Crippen molar-refractivity contribution in [2.45, 2.75) is 27.2 Å². The zero-order valence-electron chi connectivity index (χ0n) is 15.2. The van der Waals surface area contributed by atoms with Crippen molar-refractivity contribution in [3.05, 3.63) is 58.4 Å². The second-order valence-corrected chi connectivity index (χ2v) is 7.00. The lowest BCUT2D eigenvalue weighted by molar-refractivity contribution is -0.123. The lowest BCUT2D eigenvalue weighted by atomic mass is 10.2. The number of nitrogens with one attached hydrogen (secondary N) is 1. The first-order chi connectivity index (χ1) is 12.5. The van der Waals surface area contributed by atoms with E-state index in [0.29, 0.717) is 18.7 Å². The molecule has 26 heavy (non-hydrogen) atoms. The number of rotatable bonds is 7. The van der Waals surface area contributed by atoms with Gasteiger partial charge in [-0.2, -0.15) is 5.10 Å². The number of carbonyl (C=O) groups is 1. The summed E-state index contributed by atoms with van der Waals surface area (Å²) in [5.41, 5.74) is 4.08. The molecule has 0 radical (unpaired) electrons. The van der Waals surface area contributed by atoms with Crippen LogP contribution in [-0.4, -0.2) is 33.8 Å². The molecule has 0 spiro atoms. The van der Waals surface area contributed by atoms with E-state index in [-0.39, 0.29) is 12.5 Å². The summed E-state index contributed by atoms with van der Waals surface area (Å²) in [5.74, 6) is 0.565. The molecule has 0 saturated heterocycles. The molecule has 7 heteroatoms. The van der Waals surface area contributed by atoms with Crippen LogP contribution in [0.15, 0.2) is 35.7 Å². The molecular weight excluding hydrogens is 348 g/mol. The number of ether oxygens (including phenoxy) is 1. The normalized spacial score (nSPS) is 10.7. The molecular formula is C19H22N4O2S. The van der Waals surface area contributed by atoms with Crippen LogP contribution in [0, 0.1) is 20.8 Å². The number of amides is 1. The van der Waals surface area contributed by atoms with Gasteiger partial charge in [-0.1, -0.05) is 12.1 Å². The lowest BCUT2D eigenvalue weighted by Crippen LogP contribution is -2.30. The van der Waals surface area contributed by atoms with E-state index in [1.165, 1.54) is 0 Å². The van der Waals surface area contributed by atoms with Crippen molar-refractivity contribution >= 4 is 17.2 Å². The maximum atomic E-state index is 11.9. The number of thiazole rings is 1. The standard InChI is InChI=1S/C19H22N4O2S/c1-13-5-4-6-17(9-13)25-11-18(24)20-8-7-16-12-26-19(21-16)23-15(3)10-14(2)22-23/h4-6,9-10,12H,7-8,11H2,1-3H3,(H,20,24). The zero-order chi connectivity index (χ0) is 18.5. The van der Waals surface area contributed by atoms with Crippen molar-refractivity contribution in [2.75, 3.05) is 13.2 Å². The molecule has 0 aliphatic rings. The van der Waals surface area contributed by atoms with Crippen LogP contribution >= 0.6 is 11.3 Å². The number of hydrogen-bond acceptors (Lipinski definition) is 5. The van der Waals surface area contributed by atoms with Crippen molar-refractivity contribution in [3.63, 3.8) is 0 Å². The number of nitrogens with zero attached hydrogens (tertiary/aromatic N) is 3. The van der Waals surface area contributed by atoms with Gasteiger partial charge in [0.15, 0.2) is 6.61 Å². The van der Waals surface area contributed by atoms with Crippen molar-refractivity contribution in [3.8, 4) is 10.9 Å². The molecule has 1 aromatic carbocycles. The molecule has 3 rings (SSSR count). The van der Waals surface area contributed by atoms with Gasteiger partial charge in [0.25, 0.3) is 5.91 Å². The molecule has 0 aliphatic carbocycles. The average Bonchev–Trinajstić information content (AvgIpc) is 3.19. The molecule has 0 saturated carbocycles. The Morgan fingerprint density at radius 2 is 2.12 bits per heavy atom. The topological polar surface area (TPSA) is 69.0 Å². The maximum absolute atomic E-state index is 11.9. The SMILES string of the molecule is Cc1cccc(OCC(=O)NCCc2csc(-n3nc(C)cc3C)n2)c1. The fourth-order valence-corrected chi connectivity index (χ4v) is 3.43. The summed E-state index contributed by atoms with van der Waals surface area (Å²) < 4.78 is 7.34. The fraction of sp³-hybridized carbons (Fsp3) is 0.316. The molecule has 0 atom stereocenters. The smallest absolute Gasteiger partial charge is 0.257 e. The van der Waals surface area contributed by atoms with Gasteiger partial charge in [0, 0.05) is 24.0 Å². The molecule has 1 amide bonds. The second-order valence-electron chi connectivity index (χ2n) is 6.17. The van der Waals surface area contributed by atoms with E-state index < -0.39 is 0 Å². The Bertz CT molecular complexity index is 901. The van der Waals surface area contributed by atoms with E-state index in [4.69, 9.17) is 4.74 Å². The van der Waals surface area contributed by atoms with Crippen molar-refractivity contribution in [2.24, 2.45) is 0 Å². The van der Waals surface area contributed by atoms with Gasteiger partial charge < -0.3 is 10.1 Å². The van der Waals surface area contributed by atoms with Crippen LogP contribution in [0.2, 0.25) is 0 Å². The molecule has 2 heterocycles. The summed E-state index contributed by atoms with van der Waals surface area (Å²) in [6.45, 7) is 6.50. The minimum absolute atomic E-state index is 0.0114. The third-order valence-corrected chi connectivity index (χ3v) is 4.66. The highest BCUT2D eigenvalue weighted by Crippen LogP contribution is 2.17. The van der Waals surface area contributed by atoms with Crippen LogP contribution in [0.3, 0.4) is 0 Å². The van der Waals surface area contributed by atoms with Crippen molar-refractivity contribution in [1.29, 1.82) is 0 Å². The third-order valence-electron chi connectivity index (χ3n) is 3.79. The molecule has 0 fully saturated rings. The van der Waals surface area contributed by atoms with Gasteiger partial charge in [-0.3, -0.25) is 4.79 Å². The molecule has 1 N–H and O–H groups in total. The Kier molecular flexibility index (Phi) is 5.68.